The van der Waals surface area contributed by atoms with Gasteiger partial charge in [0.1, 0.15) is 0 Å². The summed E-state index contributed by atoms with van der Waals surface area (Å²) in [6, 6.07) is 8.10. The van der Waals surface area contributed by atoms with E-state index in [0.29, 0.717) is 5.92 Å². The molecule has 0 aliphatic rings. The Hall–Kier alpha value is -0.570. The maximum Gasteiger partial charge on any atom is 0.0509 e. The molecule has 0 aromatic heterocycles. The van der Waals surface area contributed by atoms with Crippen LogP contribution in [0.1, 0.15) is 25.8 Å². The van der Waals surface area contributed by atoms with Crippen LogP contribution in [0.4, 0.5) is 0 Å². The summed E-state index contributed by atoms with van der Waals surface area (Å²) in [5, 5.41) is 4.27. The van der Waals surface area contributed by atoms with Gasteiger partial charge in [0.25, 0.3) is 0 Å². The van der Waals surface area contributed by atoms with Crippen molar-refractivity contribution < 1.29 is 4.74 Å². The van der Waals surface area contributed by atoms with Gasteiger partial charge >= 0.3 is 0 Å². The molecule has 2 nitrogen and oxygen atoms in total. The first kappa shape index (κ1) is 15.5. The molecule has 0 radical (unpaired) electrons. The first-order chi connectivity index (χ1) is 8.76. The molecule has 1 unspecified atom stereocenters. The predicted octanol–water partition coefficient (Wildman–Crippen LogP) is 3.53. The molecular formula is C15H24ClNO. The van der Waals surface area contributed by atoms with E-state index in [4.69, 9.17) is 16.3 Å². The highest BCUT2D eigenvalue weighted by molar-refractivity contribution is 6.30. The lowest BCUT2D eigenvalue weighted by molar-refractivity contribution is 0.110. The first-order valence-electron chi connectivity index (χ1n) is 6.79. The first-order valence-corrected chi connectivity index (χ1v) is 7.17. The lowest BCUT2D eigenvalue weighted by Gasteiger charge is -2.17. The van der Waals surface area contributed by atoms with Crippen LogP contribution in [0.5, 0.6) is 0 Å². The van der Waals surface area contributed by atoms with E-state index in [1.807, 2.05) is 19.1 Å². The van der Waals surface area contributed by atoms with Crippen molar-refractivity contribution in [2.75, 3.05) is 26.3 Å². The largest absolute Gasteiger partial charge is 0.381 e. The van der Waals surface area contributed by atoms with Crippen LogP contribution in [0.25, 0.3) is 0 Å². The van der Waals surface area contributed by atoms with E-state index in [9.17, 15) is 0 Å². The van der Waals surface area contributed by atoms with E-state index >= 15 is 0 Å². The van der Waals surface area contributed by atoms with Crippen LogP contribution in [-0.2, 0) is 11.2 Å². The molecule has 1 N–H and O–H groups in total. The zero-order valence-corrected chi connectivity index (χ0v) is 12.2. The van der Waals surface area contributed by atoms with Gasteiger partial charge in [-0.1, -0.05) is 30.7 Å². The molecule has 0 saturated heterocycles. The monoisotopic (exact) mass is 269 g/mol. The van der Waals surface area contributed by atoms with Crippen LogP contribution in [-0.4, -0.2) is 26.3 Å². The van der Waals surface area contributed by atoms with Crippen molar-refractivity contribution in [1.82, 2.24) is 5.32 Å². The number of nitrogens with one attached hydrogen (secondary N) is 1. The van der Waals surface area contributed by atoms with Crippen molar-refractivity contribution in [3.05, 3.63) is 34.9 Å². The second-order valence-electron chi connectivity index (χ2n) is 4.56. The van der Waals surface area contributed by atoms with Crippen LogP contribution in [0, 0.1) is 5.92 Å². The SMILES string of the molecule is CCCNCC(COCC)Cc1ccc(Cl)cc1. The van der Waals surface area contributed by atoms with E-state index in [-0.39, 0.29) is 0 Å². The Labute approximate surface area is 116 Å². The quantitative estimate of drug-likeness (QED) is 0.693. The van der Waals surface area contributed by atoms with Crippen LogP contribution < -0.4 is 5.32 Å². The van der Waals surface area contributed by atoms with Crippen LogP contribution >= 0.6 is 11.6 Å². The number of rotatable bonds is 9. The lowest BCUT2D eigenvalue weighted by Crippen LogP contribution is -2.28. The van der Waals surface area contributed by atoms with Gasteiger partial charge in [0.15, 0.2) is 0 Å². The molecule has 0 bridgehead atoms. The minimum atomic E-state index is 0.526. The van der Waals surface area contributed by atoms with Gasteiger partial charge in [0.2, 0.25) is 0 Å². The van der Waals surface area contributed by atoms with Crippen molar-refractivity contribution in [1.29, 1.82) is 0 Å². The van der Waals surface area contributed by atoms with Gasteiger partial charge in [-0.3, -0.25) is 0 Å². The molecular weight excluding hydrogens is 246 g/mol. The Kier molecular flexibility index (Phi) is 8.06. The third kappa shape index (κ3) is 6.39. The Morgan fingerprint density at radius 1 is 1.22 bits per heavy atom. The molecule has 3 heteroatoms. The topological polar surface area (TPSA) is 21.3 Å². The molecule has 102 valence electrons. The van der Waals surface area contributed by atoms with Crippen molar-refractivity contribution in [2.24, 2.45) is 5.92 Å². The number of halogens is 1. The van der Waals surface area contributed by atoms with Crippen molar-refractivity contribution >= 4 is 11.6 Å². The summed E-state index contributed by atoms with van der Waals surface area (Å²) in [4.78, 5) is 0. The highest BCUT2D eigenvalue weighted by atomic mass is 35.5. The summed E-state index contributed by atoms with van der Waals surface area (Å²) >= 11 is 5.90. The van der Waals surface area contributed by atoms with E-state index in [0.717, 1.165) is 37.7 Å². The van der Waals surface area contributed by atoms with Crippen LogP contribution in [0.3, 0.4) is 0 Å². The van der Waals surface area contributed by atoms with E-state index in [2.05, 4.69) is 24.4 Å². The molecule has 0 aliphatic heterocycles. The summed E-state index contributed by atoms with van der Waals surface area (Å²) in [6.07, 6.45) is 2.20. The molecule has 0 heterocycles. The Bertz CT molecular complexity index is 313. The fraction of sp³-hybridized carbons (Fsp3) is 0.600. The second-order valence-corrected chi connectivity index (χ2v) is 5.00. The Balaban J connectivity index is 2.45. The molecule has 0 aliphatic carbocycles. The van der Waals surface area contributed by atoms with Crippen LogP contribution in [0.15, 0.2) is 24.3 Å². The number of hydrogen-bond acceptors (Lipinski definition) is 2. The Morgan fingerprint density at radius 2 is 1.94 bits per heavy atom. The second kappa shape index (κ2) is 9.37. The third-order valence-corrected chi connectivity index (χ3v) is 3.11. The van der Waals surface area contributed by atoms with Gasteiger partial charge in [-0.05, 0) is 49.9 Å². The average molecular weight is 270 g/mol. The number of ether oxygens (including phenoxy) is 1. The molecule has 1 atom stereocenters. The highest BCUT2D eigenvalue weighted by Crippen LogP contribution is 2.13. The molecule has 1 rings (SSSR count). The zero-order valence-electron chi connectivity index (χ0n) is 11.4. The molecule has 0 fully saturated rings. The Morgan fingerprint density at radius 3 is 2.56 bits per heavy atom. The number of benzene rings is 1. The minimum absolute atomic E-state index is 0.526. The van der Waals surface area contributed by atoms with Gasteiger partial charge in [0.05, 0.1) is 6.61 Å². The highest BCUT2D eigenvalue weighted by Gasteiger charge is 2.09. The number of hydrogen-bond donors (Lipinski definition) is 1. The van der Waals surface area contributed by atoms with Gasteiger partial charge in [-0.15, -0.1) is 0 Å². The minimum Gasteiger partial charge on any atom is -0.381 e. The smallest absolute Gasteiger partial charge is 0.0509 e. The normalized spacial score (nSPS) is 12.6. The van der Waals surface area contributed by atoms with E-state index in [1.165, 1.54) is 12.0 Å². The van der Waals surface area contributed by atoms with Crippen molar-refractivity contribution in [2.45, 2.75) is 26.7 Å². The maximum absolute atomic E-state index is 5.90. The van der Waals surface area contributed by atoms with Crippen molar-refractivity contribution in [3.63, 3.8) is 0 Å². The molecule has 0 spiro atoms. The molecule has 1 aromatic rings. The standard InChI is InChI=1S/C15H24ClNO/c1-3-9-17-11-14(12-18-4-2)10-13-5-7-15(16)8-6-13/h5-8,14,17H,3-4,9-12H2,1-2H3. The fourth-order valence-corrected chi connectivity index (χ4v) is 2.04. The molecule has 0 amide bonds. The van der Waals surface area contributed by atoms with Gasteiger partial charge in [0, 0.05) is 18.2 Å². The lowest BCUT2D eigenvalue weighted by atomic mass is 10.00. The van der Waals surface area contributed by atoms with Gasteiger partial charge in [-0.2, -0.15) is 0 Å². The third-order valence-electron chi connectivity index (χ3n) is 2.86. The van der Waals surface area contributed by atoms with Gasteiger partial charge < -0.3 is 10.1 Å². The molecule has 1 aromatic carbocycles. The van der Waals surface area contributed by atoms with Gasteiger partial charge in [-0.25, -0.2) is 0 Å². The maximum atomic E-state index is 5.90. The fourth-order valence-electron chi connectivity index (χ4n) is 1.91. The van der Waals surface area contributed by atoms with E-state index < -0.39 is 0 Å². The average Bonchev–Trinajstić information content (AvgIpc) is 2.38. The van der Waals surface area contributed by atoms with Crippen molar-refractivity contribution in [3.8, 4) is 0 Å². The summed E-state index contributed by atoms with van der Waals surface area (Å²) in [5.74, 6) is 0.526. The molecule has 18 heavy (non-hydrogen) atoms. The molecule has 0 saturated carbocycles. The summed E-state index contributed by atoms with van der Waals surface area (Å²) < 4.78 is 5.56. The zero-order chi connectivity index (χ0) is 13.2. The summed E-state index contributed by atoms with van der Waals surface area (Å²) in [6.45, 7) is 7.91. The van der Waals surface area contributed by atoms with Crippen LogP contribution in [0.2, 0.25) is 5.02 Å². The summed E-state index contributed by atoms with van der Waals surface area (Å²) in [5.41, 5.74) is 1.32. The summed E-state index contributed by atoms with van der Waals surface area (Å²) in [7, 11) is 0. The predicted molar refractivity (Wildman–Crippen MR) is 78.3 cm³/mol. The van der Waals surface area contributed by atoms with E-state index in [1.54, 1.807) is 0 Å².